The molecule has 1 N–H and O–H groups in total. The van der Waals surface area contributed by atoms with E-state index in [1.54, 1.807) is 23.1 Å². The number of hydrogen-bond donors (Lipinski definition) is 1. The van der Waals surface area contributed by atoms with E-state index in [0.29, 0.717) is 32.7 Å². The van der Waals surface area contributed by atoms with Crippen LogP contribution >= 0.6 is 11.6 Å². The van der Waals surface area contributed by atoms with Crippen molar-refractivity contribution in [1.82, 2.24) is 14.5 Å². The molecule has 0 bridgehead atoms. The first-order valence-corrected chi connectivity index (χ1v) is 10.1. The highest BCUT2D eigenvalue weighted by molar-refractivity contribution is 7.89. The first kappa shape index (κ1) is 18.6. The molecule has 2 saturated heterocycles. The first-order chi connectivity index (χ1) is 12.0. The van der Waals surface area contributed by atoms with E-state index in [9.17, 15) is 13.2 Å². The van der Waals surface area contributed by atoms with Crippen LogP contribution in [-0.4, -0.2) is 75.5 Å². The van der Waals surface area contributed by atoms with Crippen LogP contribution in [-0.2, 0) is 19.6 Å². The quantitative estimate of drug-likeness (QED) is 0.816. The van der Waals surface area contributed by atoms with Gasteiger partial charge in [-0.15, -0.1) is 0 Å². The zero-order valence-electron chi connectivity index (χ0n) is 13.9. The molecular formula is C16H22ClN3O4S. The van der Waals surface area contributed by atoms with Gasteiger partial charge in [0.25, 0.3) is 0 Å². The van der Waals surface area contributed by atoms with Gasteiger partial charge < -0.3 is 15.0 Å². The third kappa shape index (κ3) is 4.32. The first-order valence-electron chi connectivity index (χ1n) is 8.32. The van der Waals surface area contributed by atoms with Crippen LogP contribution in [0.3, 0.4) is 0 Å². The van der Waals surface area contributed by atoms with Crippen LogP contribution in [0.2, 0.25) is 5.02 Å². The van der Waals surface area contributed by atoms with Crippen molar-refractivity contribution in [3.05, 3.63) is 29.3 Å². The van der Waals surface area contributed by atoms with Gasteiger partial charge in [0.2, 0.25) is 15.9 Å². The zero-order chi connectivity index (χ0) is 17.9. The van der Waals surface area contributed by atoms with Gasteiger partial charge in [-0.1, -0.05) is 23.7 Å². The summed E-state index contributed by atoms with van der Waals surface area (Å²) in [5.74, 6) is 0.0257. The number of amides is 1. The summed E-state index contributed by atoms with van der Waals surface area (Å²) < 4.78 is 32.2. The SMILES string of the molecule is O=C(CC1COCCN1)N1CCN(S(=O)(=O)c2ccccc2Cl)CC1. The summed E-state index contributed by atoms with van der Waals surface area (Å²) in [6.07, 6.45) is 0.372. The lowest BCUT2D eigenvalue weighted by atomic mass is 10.1. The van der Waals surface area contributed by atoms with E-state index >= 15 is 0 Å². The fraction of sp³-hybridized carbons (Fsp3) is 0.562. The second kappa shape index (κ2) is 8.01. The van der Waals surface area contributed by atoms with E-state index in [-0.39, 0.29) is 35.0 Å². The number of ether oxygens (including phenoxy) is 1. The third-order valence-electron chi connectivity index (χ3n) is 4.47. The summed E-state index contributed by atoms with van der Waals surface area (Å²) in [4.78, 5) is 14.2. The third-order valence-corrected chi connectivity index (χ3v) is 6.86. The van der Waals surface area contributed by atoms with Crippen molar-refractivity contribution >= 4 is 27.5 Å². The number of carbonyl (C=O) groups is 1. The standard InChI is InChI=1S/C16H22ClN3O4S/c17-14-3-1-2-4-15(14)25(22,23)20-8-6-19(7-9-20)16(21)11-13-12-24-10-5-18-13/h1-4,13,18H,5-12H2. The van der Waals surface area contributed by atoms with Crippen LogP contribution in [0, 0.1) is 0 Å². The van der Waals surface area contributed by atoms with Gasteiger partial charge in [0.1, 0.15) is 4.90 Å². The Bertz CT molecular complexity index is 714. The number of sulfonamides is 1. The molecule has 2 aliphatic heterocycles. The summed E-state index contributed by atoms with van der Waals surface area (Å²) in [6, 6.07) is 6.45. The molecule has 2 fully saturated rings. The molecule has 7 nitrogen and oxygen atoms in total. The van der Waals surface area contributed by atoms with Crippen LogP contribution in [0.15, 0.2) is 29.2 Å². The molecule has 0 spiro atoms. The molecule has 1 unspecified atom stereocenters. The number of rotatable bonds is 4. The maximum absolute atomic E-state index is 12.7. The van der Waals surface area contributed by atoms with Crippen molar-refractivity contribution in [2.45, 2.75) is 17.4 Å². The Morgan fingerprint density at radius 3 is 2.60 bits per heavy atom. The monoisotopic (exact) mass is 387 g/mol. The van der Waals surface area contributed by atoms with E-state index in [1.807, 2.05) is 0 Å². The Morgan fingerprint density at radius 1 is 1.24 bits per heavy atom. The molecular weight excluding hydrogens is 366 g/mol. The topological polar surface area (TPSA) is 79.0 Å². The van der Waals surface area contributed by atoms with Crippen molar-refractivity contribution in [3.8, 4) is 0 Å². The molecule has 3 rings (SSSR count). The molecule has 1 aromatic rings. The lowest BCUT2D eigenvalue weighted by Gasteiger charge is -2.35. The maximum Gasteiger partial charge on any atom is 0.244 e. The molecule has 1 atom stereocenters. The minimum atomic E-state index is -3.64. The van der Waals surface area contributed by atoms with Crippen LogP contribution in [0.5, 0.6) is 0 Å². The van der Waals surface area contributed by atoms with Gasteiger partial charge in [-0.25, -0.2) is 8.42 Å². The van der Waals surface area contributed by atoms with E-state index in [4.69, 9.17) is 16.3 Å². The minimum Gasteiger partial charge on any atom is -0.378 e. The van der Waals surface area contributed by atoms with Gasteiger partial charge in [0.15, 0.2) is 0 Å². The zero-order valence-corrected chi connectivity index (χ0v) is 15.4. The van der Waals surface area contributed by atoms with Crippen molar-refractivity contribution in [1.29, 1.82) is 0 Å². The van der Waals surface area contributed by atoms with Gasteiger partial charge in [-0.2, -0.15) is 4.31 Å². The van der Waals surface area contributed by atoms with Crippen molar-refractivity contribution in [2.24, 2.45) is 0 Å². The fourth-order valence-corrected chi connectivity index (χ4v) is 4.98. The molecule has 9 heteroatoms. The number of nitrogens with one attached hydrogen (secondary N) is 1. The minimum absolute atomic E-state index is 0.0257. The number of benzene rings is 1. The van der Waals surface area contributed by atoms with Gasteiger partial charge >= 0.3 is 0 Å². The van der Waals surface area contributed by atoms with Crippen molar-refractivity contribution in [2.75, 3.05) is 45.9 Å². The van der Waals surface area contributed by atoms with E-state index in [1.165, 1.54) is 10.4 Å². The number of nitrogens with zero attached hydrogens (tertiary/aromatic N) is 2. The average Bonchev–Trinajstić information content (AvgIpc) is 2.63. The number of hydrogen-bond acceptors (Lipinski definition) is 5. The molecule has 2 heterocycles. The number of carbonyl (C=O) groups excluding carboxylic acids is 1. The maximum atomic E-state index is 12.7. The van der Waals surface area contributed by atoms with Crippen molar-refractivity contribution < 1.29 is 17.9 Å². The predicted octanol–water partition coefficient (Wildman–Crippen LogP) is 0.551. The number of morpholine rings is 1. The molecule has 2 aliphatic rings. The second-order valence-electron chi connectivity index (χ2n) is 6.15. The Balaban J connectivity index is 1.58. The highest BCUT2D eigenvalue weighted by atomic mass is 35.5. The Hall–Kier alpha value is -1.19. The van der Waals surface area contributed by atoms with Gasteiger partial charge in [-0.05, 0) is 12.1 Å². The number of halogens is 1. The Labute approximate surface area is 152 Å². The van der Waals surface area contributed by atoms with Crippen LogP contribution < -0.4 is 5.32 Å². The fourth-order valence-electron chi connectivity index (χ4n) is 3.06. The van der Waals surface area contributed by atoms with E-state index in [0.717, 1.165) is 6.54 Å². The molecule has 0 aromatic heterocycles. The average molecular weight is 388 g/mol. The lowest BCUT2D eigenvalue weighted by Crippen LogP contribution is -2.52. The second-order valence-corrected chi connectivity index (χ2v) is 8.46. The highest BCUT2D eigenvalue weighted by Crippen LogP contribution is 2.25. The summed E-state index contributed by atoms with van der Waals surface area (Å²) in [5.41, 5.74) is 0. The van der Waals surface area contributed by atoms with Crippen LogP contribution in [0.1, 0.15) is 6.42 Å². The van der Waals surface area contributed by atoms with Gasteiger partial charge in [0, 0.05) is 45.2 Å². The number of piperazine rings is 1. The normalized spacial score (nSPS) is 22.8. The Morgan fingerprint density at radius 2 is 1.96 bits per heavy atom. The van der Waals surface area contributed by atoms with Crippen LogP contribution in [0.4, 0.5) is 0 Å². The molecule has 1 aromatic carbocycles. The highest BCUT2D eigenvalue weighted by Gasteiger charge is 2.32. The smallest absolute Gasteiger partial charge is 0.244 e. The molecule has 1 amide bonds. The molecule has 0 aliphatic carbocycles. The molecule has 0 radical (unpaired) electrons. The summed E-state index contributed by atoms with van der Waals surface area (Å²) in [7, 11) is -3.64. The van der Waals surface area contributed by atoms with Gasteiger partial charge in [-0.3, -0.25) is 4.79 Å². The molecule has 138 valence electrons. The van der Waals surface area contributed by atoms with Gasteiger partial charge in [0.05, 0.1) is 18.2 Å². The van der Waals surface area contributed by atoms with Crippen molar-refractivity contribution in [3.63, 3.8) is 0 Å². The summed E-state index contributed by atoms with van der Waals surface area (Å²) in [5, 5.41) is 3.47. The van der Waals surface area contributed by atoms with Crippen LogP contribution in [0.25, 0.3) is 0 Å². The van der Waals surface area contributed by atoms with E-state index < -0.39 is 10.0 Å². The van der Waals surface area contributed by atoms with E-state index in [2.05, 4.69) is 5.32 Å². The molecule has 25 heavy (non-hydrogen) atoms. The Kier molecular flexibility index (Phi) is 5.96. The summed E-state index contributed by atoms with van der Waals surface area (Å²) >= 11 is 6.03. The molecule has 0 saturated carbocycles. The largest absolute Gasteiger partial charge is 0.378 e. The predicted molar refractivity (Wildman–Crippen MR) is 94.0 cm³/mol. The lowest BCUT2D eigenvalue weighted by molar-refractivity contribution is -0.133. The summed E-state index contributed by atoms with van der Waals surface area (Å²) in [6.45, 7) is 3.27.